The molecule has 0 N–H and O–H groups in total. The van der Waals surface area contributed by atoms with Crippen LogP contribution in [0.1, 0.15) is 31.7 Å². The van der Waals surface area contributed by atoms with Gasteiger partial charge in [0.1, 0.15) is 0 Å². The van der Waals surface area contributed by atoms with Crippen LogP contribution >= 0.6 is 0 Å². The van der Waals surface area contributed by atoms with Crippen molar-refractivity contribution in [3.63, 3.8) is 0 Å². The van der Waals surface area contributed by atoms with Gasteiger partial charge >= 0.3 is 0 Å². The van der Waals surface area contributed by atoms with Crippen LogP contribution < -0.4 is 0 Å². The molecule has 0 spiro atoms. The summed E-state index contributed by atoms with van der Waals surface area (Å²) in [5.41, 5.74) is 3.57. The summed E-state index contributed by atoms with van der Waals surface area (Å²) < 4.78 is 0. The van der Waals surface area contributed by atoms with Gasteiger partial charge in [0.2, 0.25) is 0 Å². The highest BCUT2D eigenvalue weighted by Crippen LogP contribution is 2.54. The molecule has 2 unspecified atom stereocenters. The van der Waals surface area contributed by atoms with Gasteiger partial charge in [-0.25, -0.2) is 0 Å². The lowest BCUT2D eigenvalue weighted by Gasteiger charge is -2.29. The van der Waals surface area contributed by atoms with Crippen LogP contribution in [0.2, 0.25) is 0 Å². The summed E-state index contributed by atoms with van der Waals surface area (Å²) in [6, 6.07) is 11.0. The normalized spacial score (nSPS) is 34.6. The van der Waals surface area contributed by atoms with E-state index in [4.69, 9.17) is 0 Å². The van der Waals surface area contributed by atoms with E-state index in [1.807, 2.05) is 0 Å². The van der Waals surface area contributed by atoms with Gasteiger partial charge in [0.15, 0.2) is 0 Å². The van der Waals surface area contributed by atoms with E-state index in [1.165, 1.54) is 24.8 Å². The van der Waals surface area contributed by atoms with Crippen molar-refractivity contribution < 1.29 is 0 Å². The van der Waals surface area contributed by atoms with Crippen LogP contribution in [0.4, 0.5) is 0 Å². The molecule has 0 radical (unpaired) electrons. The van der Waals surface area contributed by atoms with Crippen LogP contribution in [0, 0.1) is 5.92 Å². The molecule has 0 aromatic heterocycles. The third-order valence-electron chi connectivity index (χ3n) is 4.12. The van der Waals surface area contributed by atoms with Crippen LogP contribution in [0.25, 0.3) is 0 Å². The van der Waals surface area contributed by atoms with Gasteiger partial charge in [0.25, 0.3) is 0 Å². The maximum atomic E-state index is 2.50. The monoisotopic (exact) mass is 184 g/mol. The molecule has 1 fully saturated rings. The Morgan fingerprint density at radius 1 is 1.21 bits per heavy atom. The minimum Gasteiger partial charge on any atom is -0.0815 e. The molecular weight excluding hydrogens is 168 g/mol. The van der Waals surface area contributed by atoms with Crippen molar-refractivity contribution in [2.24, 2.45) is 5.92 Å². The summed E-state index contributed by atoms with van der Waals surface area (Å²) in [4.78, 5) is 0. The van der Waals surface area contributed by atoms with E-state index in [0.717, 1.165) is 5.92 Å². The molecule has 0 heterocycles. The lowest BCUT2D eigenvalue weighted by Crippen LogP contribution is -2.21. The van der Waals surface area contributed by atoms with E-state index in [1.54, 1.807) is 5.57 Å². The van der Waals surface area contributed by atoms with Crippen LogP contribution in [-0.4, -0.2) is 0 Å². The molecule has 2 bridgehead atoms. The highest BCUT2D eigenvalue weighted by atomic mass is 14.5. The number of hydrogen-bond acceptors (Lipinski definition) is 0. The predicted molar refractivity (Wildman–Crippen MR) is 59.2 cm³/mol. The van der Waals surface area contributed by atoms with Crippen molar-refractivity contribution >= 4 is 0 Å². The molecule has 2 atom stereocenters. The maximum absolute atomic E-state index is 2.50. The van der Waals surface area contributed by atoms with Crippen LogP contribution in [0.15, 0.2) is 42.0 Å². The number of benzene rings is 1. The molecule has 14 heavy (non-hydrogen) atoms. The quantitative estimate of drug-likeness (QED) is 0.584. The Kier molecular flexibility index (Phi) is 1.61. The summed E-state index contributed by atoms with van der Waals surface area (Å²) in [5, 5.41) is 0. The van der Waals surface area contributed by atoms with Gasteiger partial charge in [0, 0.05) is 5.41 Å². The fourth-order valence-corrected chi connectivity index (χ4v) is 3.34. The Bertz CT molecular complexity index is 374. The largest absolute Gasteiger partial charge is 0.0815 e. The van der Waals surface area contributed by atoms with Gasteiger partial charge in [-0.15, -0.1) is 0 Å². The summed E-state index contributed by atoms with van der Waals surface area (Å²) in [6.45, 7) is 2.31. The third kappa shape index (κ3) is 0.943. The van der Waals surface area contributed by atoms with Crippen molar-refractivity contribution in [2.45, 2.75) is 31.6 Å². The Morgan fingerprint density at radius 3 is 2.57 bits per heavy atom. The topological polar surface area (TPSA) is 0 Å². The average molecular weight is 184 g/mol. The molecule has 1 aromatic carbocycles. The molecule has 0 aliphatic heterocycles. The summed E-state index contributed by atoms with van der Waals surface area (Å²) >= 11 is 0. The number of hydrogen-bond donors (Lipinski definition) is 0. The van der Waals surface area contributed by atoms with Crippen molar-refractivity contribution in [3.8, 4) is 0 Å². The molecule has 1 aromatic rings. The molecule has 0 saturated heterocycles. The first-order valence-corrected chi connectivity index (χ1v) is 5.56. The van der Waals surface area contributed by atoms with E-state index in [0.29, 0.717) is 5.41 Å². The van der Waals surface area contributed by atoms with Gasteiger partial charge in [-0.2, -0.15) is 0 Å². The summed E-state index contributed by atoms with van der Waals surface area (Å²) in [7, 11) is 0. The standard InChI is InChI=1S/C14H16/c1-11-9-12-7-8-14(11,10-12)13-5-3-2-4-6-13/h2-6,9,12H,7-8,10H2,1H3. The molecule has 0 nitrogen and oxygen atoms in total. The highest BCUT2D eigenvalue weighted by molar-refractivity contribution is 5.41. The fourth-order valence-electron chi connectivity index (χ4n) is 3.34. The average Bonchev–Trinajstić information content (AvgIpc) is 2.77. The summed E-state index contributed by atoms with van der Waals surface area (Å²) in [5.74, 6) is 0.871. The van der Waals surface area contributed by atoms with E-state index < -0.39 is 0 Å². The Hall–Kier alpha value is -1.04. The second-order valence-corrected chi connectivity index (χ2v) is 4.80. The molecule has 3 rings (SSSR count). The van der Waals surface area contributed by atoms with Crippen molar-refractivity contribution in [2.75, 3.05) is 0 Å². The fraction of sp³-hybridized carbons (Fsp3) is 0.429. The molecule has 0 amide bonds. The predicted octanol–water partition coefficient (Wildman–Crippen LogP) is 3.68. The molecule has 0 heteroatoms. The number of fused-ring (bicyclic) bond motifs is 2. The second kappa shape index (κ2) is 2.73. The minimum absolute atomic E-state index is 0.423. The van der Waals surface area contributed by atoms with Gasteiger partial charge in [-0.05, 0) is 37.7 Å². The van der Waals surface area contributed by atoms with Crippen molar-refractivity contribution in [1.29, 1.82) is 0 Å². The van der Waals surface area contributed by atoms with Gasteiger partial charge in [-0.3, -0.25) is 0 Å². The van der Waals surface area contributed by atoms with Gasteiger partial charge < -0.3 is 0 Å². The zero-order valence-corrected chi connectivity index (χ0v) is 8.66. The SMILES string of the molecule is CC1=CC2CCC1(c1ccccc1)C2. The highest BCUT2D eigenvalue weighted by Gasteiger charge is 2.45. The van der Waals surface area contributed by atoms with Gasteiger partial charge in [-0.1, -0.05) is 42.0 Å². The number of allylic oxidation sites excluding steroid dienone is 2. The van der Waals surface area contributed by atoms with E-state index in [2.05, 4.69) is 43.3 Å². The van der Waals surface area contributed by atoms with E-state index >= 15 is 0 Å². The molecule has 2 aliphatic carbocycles. The smallest absolute Gasteiger partial charge is 0.0165 e. The number of rotatable bonds is 1. The Labute approximate surface area is 85.6 Å². The molecule has 2 aliphatic rings. The Morgan fingerprint density at radius 2 is 2.00 bits per heavy atom. The van der Waals surface area contributed by atoms with Crippen molar-refractivity contribution in [3.05, 3.63) is 47.5 Å². The van der Waals surface area contributed by atoms with Crippen LogP contribution in [-0.2, 0) is 5.41 Å². The second-order valence-electron chi connectivity index (χ2n) is 4.80. The first-order valence-electron chi connectivity index (χ1n) is 5.56. The maximum Gasteiger partial charge on any atom is 0.0165 e. The third-order valence-corrected chi connectivity index (χ3v) is 4.12. The first-order chi connectivity index (χ1) is 6.81. The lowest BCUT2D eigenvalue weighted by molar-refractivity contribution is 0.534. The molecule has 1 saturated carbocycles. The Balaban J connectivity index is 2.10. The zero-order chi connectivity index (χ0) is 9.60. The van der Waals surface area contributed by atoms with Gasteiger partial charge in [0.05, 0.1) is 0 Å². The molecular formula is C14H16. The summed E-state index contributed by atoms with van der Waals surface area (Å²) in [6.07, 6.45) is 6.62. The van der Waals surface area contributed by atoms with Crippen molar-refractivity contribution in [1.82, 2.24) is 0 Å². The van der Waals surface area contributed by atoms with E-state index in [-0.39, 0.29) is 0 Å². The van der Waals surface area contributed by atoms with E-state index in [9.17, 15) is 0 Å². The van der Waals surface area contributed by atoms with Crippen LogP contribution in [0.5, 0.6) is 0 Å². The molecule has 72 valence electrons. The minimum atomic E-state index is 0.423. The lowest BCUT2D eigenvalue weighted by atomic mass is 9.75. The first kappa shape index (κ1) is 8.28. The van der Waals surface area contributed by atoms with Crippen LogP contribution in [0.3, 0.4) is 0 Å². The zero-order valence-electron chi connectivity index (χ0n) is 8.66.